The van der Waals surface area contributed by atoms with E-state index in [-0.39, 0.29) is 23.7 Å². The Morgan fingerprint density at radius 3 is 2.59 bits per heavy atom. The van der Waals surface area contributed by atoms with Crippen LogP contribution in [0.1, 0.15) is 31.0 Å². The monoisotopic (exact) mass is 524 g/mol. The van der Waals surface area contributed by atoms with Gasteiger partial charge in [0, 0.05) is 45.7 Å². The Hall–Kier alpha value is -2.92. The van der Waals surface area contributed by atoms with Crippen LogP contribution in [-0.4, -0.2) is 74.1 Å². The molecule has 0 saturated carbocycles. The summed E-state index contributed by atoms with van der Waals surface area (Å²) >= 11 is 0. The quantitative estimate of drug-likeness (QED) is 0.497. The summed E-state index contributed by atoms with van der Waals surface area (Å²) in [5, 5.41) is 2.78. The van der Waals surface area contributed by atoms with Crippen molar-refractivity contribution >= 4 is 17.3 Å². The minimum absolute atomic E-state index is 0.000275. The number of nitrogens with zero attached hydrogens (tertiary/aromatic N) is 3. The number of methoxy groups -OCH3 is 1. The predicted octanol–water partition coefficient (Wildman–Crippen LogP) is 4.05. The van der Waals surface area contributed by atoms with Crippen molar-refractivity contribution in [3.63, 3.8) is 0 Å². The lowest BCUT2D eigenvalue weighted by Crippen LogP contribution is -2.47. The van der Waals surface area contributed by atoms with Crippen molar-refractivity contribution in [2.24, 2.45) is 0 Å². The number of rotatable bonds is 9. The van der Waals surface area contributed by atoms with Crippen molar-refractivity contribution in [1.82, 2.24) is 9.88 Å². The highest BCUT2D eigenvalue weighted by molar-refractivity contribution is 5.88. The normalized spacial score (nSPS) is 19.6. The number of aromatic nitrogens is 1. The van der Waals surface area contributed by atoms with Gasteiger partial charge < -0.3 is 19.7 Å². The van der Waals surface area contributed by atoms with Crippen LogP contribution in [0.15, 0.2) is 24.3 Å². The van der Waals surface area contributed by atoms with Crippen molar-refractivity contribution < 1.29 is 31.8 Å². The van der Waals surface area contributed by atoms with Crippen molar-refractivity contribution in [2.75, 3.05) is 44.0 Å². The van der Waals surface area contributed by atoms with Crippen LogP contribution in [-0.2, 0) is 22.5 Å². The second-order valence-corrected chi connectivity index (χ2v) is 9.53. The molecule has 1 aromatic carbocycles. The largest absolute Gasteiger partial charge is 0.487 e. The molecule has 2 aliphatic rings. The summed E-state index contributed by atoms with van der Waals surface area (Å²) in [6.07, 6.45) is -1.81. The maximum Gasteiger partial charge on any atom is 0.255 e. The molecule has 1 saturated heterocycles. The molecule has 3 heterocycles. The van der Waals surface area contributed by atoms with Crippen LogP contribution in [0.3, 0.4) is 0 Å². The van der Waals surface area contributed by atoms with Gasteiger partial charge in [-0.3, -0.25) is 9.69 Å². The lowest BCUT2D eigenvalue weighted by atomic mass is 9.92. The highest BCUT2D eigenvalue weighted by Gasteiger charge is 2.34. The van der Waals surface area contributed by atoms with Crippen LogP contribution >= 0.6 is 0 Å². The van der Waals surface area contributed by atoms with E-state index in [1.54, 1.807) is 6.92 Å². The molecule has 11 heteroatoms. The summed E-state index contributed by atoms with van der Waals surface area (Å²) < 4.78 is 64.2. The first-order valence-corrected chi connectivity index (χ1v) is 12.3. The van der Waals surface area contributed by atoms with Gasteiger partial charge in [-0.05, 0) is 44.2 Å². The smallest absolute Gasteiger partial charge is 0.255 e. The number of alkyl halides is 2. The first kappa shape index (κ1) is 27.1. The number of halogens is 4. The zero-order valence-corrected chi connectivity index (χ0v) is 21.1. The van der Waals surface area contributed by atoms with Crippen LogP contribution in [0.5, 0.6) is 5.75 Å². The molecular formula is C26H32F4N4O3. The number of Topliss-reactive ketones (excluding diaryl/α,β-unsaturated/α-hetero) is 1. The first-order valence-electron chi connectivity index (χ1n) is 12.3. The average molecular weight is 525 g/mol. The molecule has 2 aliphatic heterocycles. The molecule has 4 rings (SSSR count). The minimum atomic E-state index is -2.55. The summed E-state index contributed by atoms with van der Waals surface area (Å²) in [6.45, 7) is 2.65. The molecule has 1 N–H and O–H groups in total. The van der Waals surface area contributed by atoms with Crippen molar-refractivity contribution in [3.05, 3.63) is 47.2 Å². The third kappa shape index (κ3) is 6.32. The molecule has 1 aromatic heterocycles. The van der Waals surface area contributed by atoms with Crippen LogP contribution in [0, 0.1) is 11.6 Å². The van der Waals surface area contributed by atoms with Gasteiger partial charge in [-0.25, -0.2) is 22.5 Å². The topological polar surface area (TPSA) is 66.9 Å². The molecule has 37 heavy (non-hydrogen) atoms. The van der Waals surface area contributed by atoms with E-state index in [1.165, 1.54) is 13.2 Å². The van der Waals surface area contributed by atoms with E-state index in [1.807, 2.05) is 22.9 Å². The van der Waals surface area contributed by atoms with Gasteiger partial charge in [0.25, 0.3) is 6.43 Å². The molecule has 0 bridgehead atoms. The van der Waals surface area contributed by atoms with Crippen molar-refractivity contribution in [1.29, 1.82) is 0 Å². The Bertz CT molecular complexity index is 1110. The van der Waals surface area contributed by atoms with Gasteiger partial charge in [0.05, 0.1) is 24.0 Å². The van der Waals surface area contributed by atoms with E-state index in [9.17, 15) is 22.4 Å². The number of nitrogens with one attached hydrogen (secondary N) is 1. The molecular weight excluding hydrogens is 492 g/mol. The van der Waals surface area contributed by atoms with E-state index in [4.69, 9.17) is 9.47 Å². The molecule has 1 unspecified atom stereocenters. The highest BCUT2D eigenvalue weighted by Crippen LogP contribution is 2.34. The number of hydrogen-bond acceptors (Lipinski definition) is 7. The number of ketones is 1. The number of fused-ring (bicyclic) bond motifs is 1. The Kier molecular flexibility index (Phi) is 8.53. The summed E-state index contributed by atoms with van der Waals surface area (Å²) in [5.41, 5.74) is 2.31. The first-order chi connectivity index (χ1) is 17.7. The fourth-order valence-electron chi connectivity index (χ4n) is 4.82. The summed E-state index contributed by atoms with van der Waals surface area (Å²) in [5.74, 6) is -1.08. The molecule has 0 amide bonds. The summed E-state index contributed by atoms with van der Waals surface area (Å²) in [7, 11) is 3.34. The SMILES string of the molecule is CO[C@@H](C)C(=O)C1Cc2cc(N3CCC(Oc4ccc(F)cc4F)CC3)c(NCC(F)F)nc2CN1C. The Morgan fingerprint density at radius 2 is 1.95 bits per heavy atom. The number of carbonyl (C=O) groups excluding carboxylic acids is 1. The molecule has 0 aliphatic carbocycles. The Morgan fingerprint density at radius 1 is 1.22 bits per heavy atom. The highest BCUT2D eigenvalue weighted by atomic mass is 19.3. The molecule has 0 spiro atoms. The van der Waals surface area contributed by atoms with Crippen molar-refractivity contribution in [2.45, 2.75) is 57.4 Å². The number of ether oxygens (including phenoxy) is 2. The number of likely N-dealkylation sites (N-methyl/N-ethyl adjacent to an activating group) is 1. The Balaban J connectivity index is 1.53. The predicted molar refractivity (Wildman–Crippen MR) is 131 cm³/mol. The van der Waals surface area contributed by atoms with Crippen LogP contribution in [0.2, 0.25) is 0 Å². The maximum absolute atomic E-state index is 14.0. The number of anilines is 2. The van der Waals surface area contributed by atoms with Gasteiger partial charge in [-0.1, -0.05) is 0 Å². The summed E-state index contributed by atoms with van der Waals surface area (Å²) in [6, 6.07) is 4.77. The van der Waals surface area contributed by atoms with Crippen LogP contribution in [0.25, 0.3) is 0 Å². The molecule has 1 fully saturated rings. The standard InChI is InChI=1S/C26H32F4N4O3/c1-15(36-3)25(35)21-10-16-11-22(26(31-13-24(29)30)32-20(16)14-33(21)2)34-8-6-18(7-9-34)37-23-5-4-17(27)12-19(23)28/h4-5,11-12,15,18,21,24H,6-10,13-14H2,1-3H3,(H,31,32)/t15-,21?/m0/s1. The summed E-state index contributed by atoms with van der Waals surface area (Å²) in [4.78, 5) is 21.5. The zero-order chi connectivity index (χ0) is 26.7. The maximum atomic E-state index is 14.0. The van der Waals surface area contributed by atoms with Gasteiger partial charge in [0.2, 0.25) is 0 Å². The third-order valence-electron chi connectivity index (χ3n) is 6.99. The van der Waals surface area contributed by atoms with Gasteiger partial charge >= 0.3 is 0 Å². The average Bonchev–Trinajstić information content (AvgIpc) is 2.87. The second kappa shape index (κ2) is 11.6. The fourth-order valence-corrected chi connectivity index (χ4v) is 4.82. The van der Waals surface area contributed by atoms with E-state index in [2.05, 4.69) is 10.3 Å². The molecule has 2 atom stereocenters. The van der Waals surface area contributed by atoms with Gasteiger partial charge in [-0.15, -0.1) is 0 Å². The van der Waals surface area contributed by atoms with Gasteiger partial charge in [-0.2, -0.15) is 0 Å². The van der Waals surface area contributed by atoms with E-state index >= 15 is 0 Å². The molecule has 202 valence electrons. The minimum Gasteiger partial charge on any atom is -0.487 e. The lowest BCUT2D eigenvalue weighted by Gasteiger charge is -2.37. The van der Waals surface area contributed by atoms with E-state index in [0.29, 0.717) is 50.4 Å². The number of pyridine rings is 1. The lowest BCUT2D eigenvalue weighted by molar-refractivity contribution is -0.133. The second-order valence-electron chi connectivity index (χ2n) is 9.53. The molecule has 7 nitrogen and oxygen atoms in total. The number of carbonyl (C=O) groups is 1. The zero-order valence-electron chi connectivity index (χ0n) is 21.1. The fraction of sp³-hybridized carbons (Fsp3) is 0.538. The van der Waals surface area contributed by atoms with E-state index in [0.717, 1.165) is 23.4 Å². The Labute approximate surface area is 213 Å². The number of benzene rings is 1. The number of piperidine rings is 1. The van der Waals surface area contributed by atoms with Crippen LogP contribution in [0.4, 0.5) is 29.1 Å². The molecule has 2 aromatic rings. The van der Waals surface area contributed by atoms with Gasteiger partial charge in [0.1, 0.15) is 23.8 Å². The molecule has 0 radical (unpaired) electrons. The van der Waals surface area contributed by atoms with E-state index < -0.39 is 30.7 Å². The van der Waals surface area contributed by atoms with Crippen LogP contribution < -0.4 is 15.0 Å². The third-order valence-corrected chi connectivity index (χ3v) is 6.99. The van der Waals surface area contributed by atoms with Gasteiger partial charge in [0.15, 0.2) is 17.3 Å². The number of hydrogen-bond donors (Lipinski definition) is 1. The van der Waals surface area contributed by atoms with Crippen molar-refractivity contribution in [3.8, 4) is 5.75 Å².